The molecule has 0 fully saturated rings. The van der Waals surface area contributed by atoms with Gasteiger partial charge in [-0.2, -0.15) is 0 Å². The van der Waals surface area contributed by atoms with Crippen molar-refractivity contribution in [2.75, 3.05) is 23.8 Å². The van der Waals surface area contributed by atoms with E-state index in [4.69, 9.17) is 9.47 Å². The second-order valence-corrected chi connectivity index (χ2v) is 6.91. The summed E-state index contributed by atoms with van der Waals surface area (Å²) in [5, 5.41) is 7.57. The Bertz CT molecular complexity index is 972. The zero-order chi connectivity index (χ0) is 20.6. The van der Waals surface area contributed by atoms with Gasteiger partial charge in [0.05, 0.1) is 29.5 Å². The molecule has 2 aromatic carbocycles. The number of benzene rings is 2. The summed E-state index contributed by atoms with van der Waals surface area (Å²) < 4.78 is 11.4. The van der Waals surface area contributed by atoms with Crippen molar-refractivity contribution in [3.8, 4) is 11.5 Å². The number of carbonyl (C=O) groups is 2. The summed E-state index contributed by atoms with van der Waals surface area (Å²) >= 11 is 1.35. The first-order valence-electron chi connectivity index (χ1n) is 9.27. The Hall–Kier alpha value is -3.32. The Balaban J connectivity index is 1.92. The number of anilines is 2. The molecule has 1 aromatic heterocycles. The van der Waals surface area contributed by atoms with Crippen molar-refractivity contribution < 1.29 is 19.1 Å². The van der Waals surface area contributed by atoms with Gasteiger partial charge in [-0.3, -0.25) is 9.59 Å². The minimum Gasteiger partial charge on any atom is -0.492 e. The highest BCUT2D eigenvalue weighted by atomic mass is 32.1. The monoisotopic (exact) mass is 410 g/mol. The molecule has 29 heavy (non-hydrogen) atoms. The van der Waals surface area contributed by atoms with E-state index >= 15 is 0 Å². The number of hydrogen-bond acceptors (Lipinski definition) is 5. The van der Waals surface area contributed by atoms with Gasteiger partial charge in [-0.25, -0.2) is 0 Å². The van der Waals surface area contributed by atoms with E-state index in [1.807, 2.05) is 31.4 Å². The molecule has 3 aromatic rings. The molecule has 3 rings (SSSR count). The Morgan fingerprint density at radius 1 is 0.828 bits per heavy atom. The van der Waals surface area contributed by atoms with Crippen molar-refractivity contribution in [3.05, 3.63) is 70.4 Å². The van der Waals surface area contributed by atoms with Gasteiger partial charge in [-0.05, 0) is 37.4 Å². The van der Waals surface area contributed by atoms with Crippen LogP contribution < -0.4 is 20.1 Å². The lowest BCUT2D eigenvalue weighted by Gasteiger charge is -2.17. The van der Waals surface area contributed by atoms with E-state index in [1.165, 1.54) is 11.3 Å². The molecule has 6 nitrogen and oxygen atoms in total. The molecule has 150 valence electrons. The fourth-order valence-electron chi connectivity index (χ4n) is 2.68. The summed E-state index contributed by atoms with van der Waals surface area (Å²) in [4.78, 5) is 25.7. The highest BCUT2D eigenvalue weighted by molar-refractivity contribution is 7.12. The molecule has 0 spiro atoms. The van der Waals surface area contributed by atoms with Gasteiger partial charge in [0.25, 0.3) is 11.8 Å². The molecule has 0 bridgehead atoms. The van der Waals surface area contributed by atoms with Crippen LogP contribution >= 0.6 is 11.3 Å². The van der Waals surface area contributed by atoms with Gasteiger partial charge in [0.1, 0.15) is 11.5 Å². The minimum atomic E-state index is -0.260. The lowest BCUT2D eigenvalue weighted by Crippen LogP contribution is -2.15. The third kappa shape index (κ3) is 5.14. The number of amides is 2. The van der Waals surface area contributed by atoms with E-state index in [1.54, 1.807) is 42.5 Å². The van der Waals surface area contributed by atoms with Crippen LogP contribution in [-0.4, -0.2) is 25.0 Å². The van der Waals surface area contributed by atoms with E-state index in [2.05, 4.69) is 10.6 Å². The Morgan fingerprint density at radius 2 is 1.41 bits per heavy atom. The molecule has 2 amide bonds. The molecule has 0 aliphatic rings. The average molecular weight is 410 g/mol. The van der Waals surface area contributed by atoms with Crippen LogP contribution in [0.5, 0.6) is 11.5 Å². The number of nitrogens with one attached hydrogen (secondary N) is 2. The Kier molecular flexibility index (Phi) is 6.86. The first kappa shape index (κ1) is 20.4. The van der Waals surface area contributed by atoms with Gasteiger partial charge in [0, 0.05) is 17.7 Å². The quantitative estimate of drug-likeness (QED) is 0.545. The second-order valence-electron chi connectivity index (χ2n) is 5.96. The maximum atomic E-state index is 12.6. The van der Waals surface area contributed by atoms with Crippen LogP contribution in [0.4, 0.5) is 11.4 Å². The Labute approximate surface area is 173 Å². The molecule has 0 saturated heterocycles. The molecular formula is C22H22N2O4S. The van der Waals surface area contributed by atoms with Crippen LogP contribution in [0.15, 0.2) is 60.0 Å². The number of carbonyl (C=O) groups excluding carboxylic acids is 2. The van der Waals surface area contributed by atoms with E-state index in [0.29, 0.717) is 46.5 Å². The van der Waals surface area contributed by atoms with Gasteiger partial charge in [0.2, 0.25) is 0 Å². The predicted octanol–water partition coefficient (Wildman–Crippen LogP) is 5.05. The second kappa shape index (κ2) is 9.75. The standard InChI is InChI=1S/C22H22N2O4S/c1-3-27-18-14-17(24-22(26)20-11-8-12-29-20)19(28-4-2)13-16(18)23-21(25)15-9-6-5-7-10-15/h5-14H,3-4H2,1-2H3,(H,23,25)(H,24,26). The summed E-state index contributed by atoms with van der Waals surface area (Å²) in [5.41, 5.74) is 1.48. The largest absolute Gasteiger partial charge is 0.492 e. The first-order chi connectivity index (χ1) is 14.1. The zero-order valence-corrected chi connectivity index (χ0v) is 17.0. The highest BCUT2D eigenvalue weighted by Gasteiger charge is 2.17. The van der Waals surface area contributed by atoms with Gasteiger partial charge in [0.15, 0.2) is 0 Å². The van der Waals surface area contributed by atoms with Crippen molar-refractivity contribution in [1.82, 2.24) is 0 Å². The number of rotatable bonds is 8. The molecule has 0 saturated carbocycles. The van der Waals surface area contributed by atoms with Crippen LogP contribution in [-0.2, 0) is 0 Å². The SMILES string of the molecule is CCOc1cc(NC(=O)c2cccs2)c(OCC)cc1NC(=O)c1ccccc1. The summed E-state index contributed by atoms with van der Waals surface area (Å²) in [6.07, 6.45) is 0. The smallest absolute Gasteiger partial charge is 0.265 e. The van der Waals surface area contributed by atoms with Crippen molar-refractivity contribution in [2.24, 2.45) is 0 Å². The molecule has 2 N–H and O–H groups in total. The topological polar surface area (TPSA) is 76.7 Å². The van der Waals surface area contributed by atoms with E-state index in [0.717, 1.165) is 0 Å². The summed E-state index contributed by atoms with van der Waals surface area (Å²) in [7, 11) is 0. The van der Waals surface area contributed by atoms with Gasteiger partial charge in [-0.15, -0.1) is 11.3 Å². The lowest BCUT2D eigenvalue weighted by molar-refractivity contribution is 0.101. The van der Waals surface area contributed by atoms with Crippen molar-refractivity contribution in [1.29, 1.82) is 0 Å². The number of thiophene rings is 1. The predicted molar refractivity (Wildman–Crippen MR) is 115 cm³/mol. The third-order valence-electron chi connectivity index (χ3n) is 3.96. The van der Waals surface area contributed by atoms with Gasteiger partial charge >= 0.3 is 0 Å². The van der Waals surface area contributed by atoms with Crippen LogP contribution in [0, 0.1) is 0 Å². The molecule has 7 heteroatoms. The van der Waals surface area contributed by atoms with Crippen LogP contribution in [0.25, 0.3) is 0 Å². The normalized spacial score (nSPS) is 10.3. The molecule has 1 heterocycles. The maximum Gasteiger partial charge on any atom is 0.265 e. The summed E-state index contributed by atoms with van der Waals surface area (Å²) in [5.74, 6) is 0.403. The summed E-state index contributed by atoms with van der Waals surface area (Å²) in [6, 6.07) is 15.8. The van der Waals surface area contributed by atoms with Crippen molar-refractivity contribution in [2.45, 2.75) is 13.8 Å². The van der Waals surface area contributed by atoms with Gasteiger partial charge in [-0.1, -0.05) is 24.3 Å². The molecule has 0 aliphatic carbocycles. The highest BCUT2D eigenvalue weighted by Crippen LogP contribution is 2.37. The molecular weight excluding hydrogens is 388 g/mol. The van der Waals surface area contributed by atoms with E-state index < -0.39 is 0 Å². The first-order valence-corrected chi connectivity index (χ1v) is 10.1. The molecule has 0 aliphatic heterocycles. The number of ether oxygens (including phenoxy) is 2. The maximum absolute atomic E-state index is 12.6. The van der Waals surface area contributed by atoms with Crippen molar-refractivity contribution >= 4 is 34.5 Å². The number of hydrogen-bond donors (Lipinski definition) is 2. The molecule has 0 unspecified atom stereocenters. The zero-order valence-electron chi connectivity index (χ0n) is 16.2. The van der Waals surface area contributed by atoms with Gasteiger partial charge < -0.3 is 20.1 Å². The van der Waals surface area contributed by atoms with Crippen LogP contribution in [0.3, 0.4) is 0 Å². The Morgan fingerprint density at radius 3 is 1.93 bits per heavy atom. The van der Waals surface area contributed by atoms with Crippen LogP contribution in [0.2, 0.25) is 0 Å². The fraction of sp³-hybridized carbons (Fsp3) is 0.182. The average Bonchev–Trinajstić information content (AvgIpc) is 3.27. The van der Waals surface area contributed by atoms with Crippen LogP contribution in [0.1, 0.15) is 33.9 Å². The van der Waals surface area contributed by atoms with Crippen molar-refractivity contribution in [3.63, 3.8) is 0 Å². The third-order valence-corrected chi connectivity index (χ3v) is 4.83. The fourth-order valence-corrected chi connectivity index (χ4v) is 3.30. The summed E-state index contributed by atoms with van der Waals surface area (Å²) in [6.45, 7) is 4.51. The van der Waals surface area contributed by atoms with E-state index in [-0.39, 0.29) is 11.8 Å². The lowest BCUT2D eigenvalue weighted by atomic mass is 10.2. The minimum absolute atomic E-state index is 0.232. The molecule has 0 radical (unpaired) electrons. The molecule has 0 atom stereocenters. The van der Waals surface area contributed by atoms with E-state index in [9.17, 15) is 9.59 Å².